The summed E-state index contributed by atoms with van der Waals surface area (Å²) in [4.78, 5) is 18.5. The molecule has 30 heavy (non-hydrogen) atoms. The Balaban J connectivity index is 1.04. The van der Waals surface area contributed by atoms with Gasteiger partial charge in [0.2, 0.25) is 0 Å². The summed E-state index contributed by atoms with van der Waals surface area (Å²) in [5.41, 5.74) is 1.64. The molecule has 2 heterocycles. The van der Waals surface area contributed by atoms with Crippen LogP contribution in [0.3, 0.4) is 0 Å². The number of halogens is 1. The van der Waals surface area contributed by atoms with Gasteiger partial charge < -0.3 is 25.1 Å². The normalized spacial score (nSPS) is 43.0. The molecular formula is C22H25ClN2O5. The number of fused-ring (bicyclic) bond motifs is 1. The maximum Gasteiger partial charge on any atom is 0.261 e. The first-order valence-corrected chi connectivity index (χ1v) is 11.1. The van der Waals surface area contributed by atoms with Gasteiger partial charge in [-0.2, -0.15) is 0 Å². The Morgan fingerprint density at radius 3 is 2.70 bits per heavy atom. The number of aliphatic hydroxyl groups excluding tert-OH is 2. The molecule has 8 heteroatoms. The minimum absolute atomic E-state index is 0.0701. The molecule has 0 aromatic heterocycles. The quantitative estimate of drug-likeness (QED) is 0.678. The number of carbonyl (C=O) groups is 1. The van der Waals surface area contributed by atoms with Crippen LogP contribution in [-0.2, 0) is 9.63 Å². The minimum Gasteiger partial charge on any atom is -0.480 e. The van der Waals surface area contributed by atoms with E-state index in [-0.39, 0.29) is 35.5 Å². The first-order chi connectivity index (χ1) is 14.3. The van der Waals surface area contributed by atoms with E-state index in [1.807, 2.05) is 0 Å². The number of amides is 1. The number of oxime groups is 1. The molecule has 4 saturated carbocycles. The summed E-state index contributed by atoms with van der Waals surface area (Å²) in [6.45, 7) is 0. The van der Waals surface area contributed by atoms with Crippen molar-refractivity contribution in [1.82, 2.24) is 5.32 Å². The third-order valence-corrected chi connectivity index (χ3v) is 7.96. The summed E-state index contributed by atoms with van der Waals surface area (Å²) in [7, 11) is 0. The van der Waals surface area contributed by atoms with Gasteiger partial charge in [-0.3, -0.25) is 4.79 Å². The Bertz CT molecular complexity index is 924. The molecule has 1 aromatic rings. The molecule has 1 aromatic carbocycles. The molecule has 4 aliphatic carbocycles. The zero-order valence-electron chi connectivity index (χ0n) is 16.5. The highest BCUT2D eigenvalue weighted by Gasteiger charge is 2.71. The van der Waals surface area contributed by atoms with Crippen molar-refractivity contribution in [2.24, 2.45) is 16.5 Å². The maximum atomic E-state index is 12.8. The highest BCUT2D eigenvalue weighted by molar-refractivity contribution is 6.30. The van der Waals surface area contributed by atoms with Crippen LogP contribution in [0.25, 0.3) is 0 Å². The Morgan fingerprint density at radius 2 is 1.97 bits per heavy atom. The lowest BCUT2D eigenvalue weighted by molar-refractivity contribution is -0.149. The van der Waals surface area contributed by atoms with Gasteiger partial charge in [-0.25, -0.2) is 0 Å². The third-order valence-electron chi connectivity index (χ3n) is 7.73. The van der Waals surface area contributed by atoms with E-state index in [2.05, 4.69) is 10.5 Å². The fraction of sp³-hybridized carbons (Fsp3) is 0.636. The summed E-state index contributed by atoms with van der Waals surface area (Å²) in [5, 5.41) is 28.0. The number of carbonyl (C=O) groups excluding carboxylic acids is 1. The minimum atomic E-state index is -0.769. The average Bonchev–Trinajstić information content (AvgIpc) is 3.10. The Kier molecular flexibility index (Phi) is 4.00. The van der Waals surface area contributed by atoms with Gasteiger partial charge >= 0.3 is 0 Å². The number of hydrogen-bond donors (Lipinski definition) is 3. The summed E-state index contributed by atoms with van der Waals surface area (Å²) < 4.78 is 5.85. The van der Waals surface area contributed by atoms with Crippen molar-refractivity contribution in [3.05, 3.63) is 28.8 Å². The fourth-order valence-electron chi connectivity index (χ4n) is 6.04. The van der Waals surface area contributed by atoms with Crippen LogP contribution in [0.1, 0.15) is 56.6 Å². The molecule has 3 atom stereocenters. The lowest BCUT2D eigenvalue weighted by Crippen LogP contribution is -2.77. The highest BCUT2D eigenvalue weighted by atomic mass is 35.5. The second kappa shape index (κ2) is 6.34. The second-order valence-electron chi connectivity index (χ2n) is 9.89. The van der Waals surface area contributed by atoms with Gasteiger partial charge in [-0.05, 0) is 50.3 Å². The number of hydrogen-bond acceptors (Lipinski definition) is 6. The molecule has 2 aliphatic heterocycles. The molecule has 7 nitrogen and oxygen atoms in total. The number of nitrogens with zero attached hydrogens (tertiary/aromatic N) is 1. The molecule has 2 bridgehead atoms. The van der Waals surface area contributed by atoms with Crippen LogP contribution in [0.4, 0.5) is 0 Å². The van der Waals surface area contributed by atoms with Gasteiger partial charge in [-0.15, -0.1) is 0 Å². The predicted octanol–water partition coefficient (Wildman–Crippen LogP) is 2.48. The molecule has 160 valence electrons. The molecule has 4 fully saturated rings. The van der Waals surface area contributed by atoms with Crippen LogP contribution >= 0.6 is 11.6 Å². The van der Waals surface area contributed by atoms with Crippen molar-refractivity contribution in [2.45, 2.75) is 74.9 Å². The van der Waals surface area contributed by atoms with Gasteiger partial charge in [0, 0.05) is 40.3 Å². The number of rotatable bonds is 4. The van der Waals surface area contributed by atoms with Crippen molar-refractivity contribution in [3.8, 4) is 5.75 Å². The van der Waals surface area contributed by atoms with E-state index in [1.165, 1.54) is 0 Å². The Labute approximate surface area is 179 Å². The van der Waals surface area contributed by atoms with Crippen LogP contribution < -0.4 is 10.1 Å². The fourth-order valence-corrected chi connectivity index (χ4v) is 6.22. The monoisotopic (exact) mass is 432 g/mol. The smallest absolute Gasteiger partial charge is 0.261 e. The molecule has 1 amide bonds. The number of nitrogens with one attached hydrogen (secondary N) is 1. The third kappa shape index (κ3) is 2.78. The molecule has 3 N–H and O–H groups in total. The molecule has 0 radical (unpaired) electrons. The predicted molar refractivity (Wildman–Crippen MR) is 108 cm³/mol. The summed E-state index contributed by atoms with van der Waals surface area (Å²) in [6, 6.07) is 5.08. The van der Waals surface area contributed by atoms with Crippen LogP contribution in [-0.4, -0.2) is 45.7 Å². The zero-order valence-corrected chi connectivity index (χ0v) is 17.3. The van der Waals surface area contributed by atoms with Crippen LogP contribution in [0.5, 0.6) is 5.75 Å². The van der Waals surface area contributed by atoms with Crippen molar-refractivity contribution < 1.29 is 24.6 Å². The van der Waals surface area contributed by atoms with Gasteiger partial charge in [0.05, 0.1) is 17.9 Å². The lowest BCUT2D eigenvalue weighted by atomic mass is 9.37. The zero-order chi connectivity index (χ0) is 20.7. The van der Waals surface area contributed by atoms with E-state index in [9.17, 15) is 15.0 Å². The number of aliphatic hydroxyl groups is 2. The molecule has 0 saturated heterocycles. The van der Waals surface area contributed by atoms with E-state index < -0.39 is 12.2 Å². The van der Waals surface area contributed by atoms with Crippen LogP contribution in [0.2, 0.25) is 5.02 Å². The van der Waals surface area contributed by atoms with Gasteiger partial charge in [0.25, 0.3) is 5.91 Å². The largest absolute Gasteiger partial charge is 0.480 e. The topological polar surface area (TPSA) is 100 Å². The molecular weight excluding hydrogens is 408 g/mol. The first kappa shape index (κ1) is 18.9. The van der Waals surface area contributed by atoms with E-state index >= 15 is 0 Å². The maximum absolute atomic E-state index is 12.8. The molecule has 6 aliphatic rings. The van der Waals surface area contributed by atoms with Crippen LogP contribution in [0.15, 0.2) is 23.4 Å². The summed E-state index contributed by atoms with van der Waals surface area (Å²) in [5.74, 6) is 0.751. The first-order valence-electron chi connectivity index (χ1n) is 10.7. The SMILES string of the molecule is O=C(NC12CC(C3=NOC([C@H]4C[C@@H](O)C4)C3)(C1)C2)[C@H]1C[C@@H](O)c2cc(Cl)ccc2O1. The van der Waals surface area contributed by atoms with E-state index in [0.29, 0.717) is 22.3 Å². The molecule has 0 spiro atoms. The molecule has 1 unspecified atom stereocenters. The van der Waals surface area contributed by atoms with Gasteiger partial charge in [0.15, 0.2) is 6.10 Å². The van der Waals surface area contributed by atoms with E-state index in [4.69, 9.17) is 21.2 Å². The number of benzene rings is 1. The Morgan fingerprint density at radius 1 is 1.20 bits per heavy atom. The lowest BCUT2D eigenvalue weighted by Gasteiger charge is -2.70. The summed E-state index contributed by atoms with van der Waals surface area (Å²) >= 11 is 6.00. The van der Waals surface area contributed by atoms with E-state index in [0.717, 1.165) is 44.2 Å². The van der Waals surface area contributed by atoms with Crippen LogP contribution in [0, 0.1) is 11.3 Å². The second-order valence-corrected chi connectivity index (χ2v) is 10.3. The van der Waals surface area contributed by atoms with Crippen molar-refractivity contribution in [2.75, 3.05) is 0 Å². The Hall–Kier alpha value is -1.83. The highest BCUT2D eigenvalue weighted by Crippen LogP contribution is 2.69. The van der Waals surface area contributed by atoms with Crippen molar-refractivity contribution in [1.29, 1.82) is 0 Å². The summed E-state index contributed by atoms with van der Waals surface area (Å²) in [6.07, 6.45) is 3.78. The molecule has 7 rings (SSSR count). The van der Waals surface area contributed by atoms with Gasteiger partial charge in [-0.1, -0.05) is 16.8 Å². The van der Waals surface area contributed by atoms with Gasteiger partial charge in [0.1, 0.15) is 11.9 Å². The number of ether oxygens (including phenoxy) is 1. The van der Waals surface area contributed by atoms with E-state index in [1.54, 1.807) is 18.2 Å². The van der Waals surface area contributed by atoms with Crippen molar-refractivity contribution in [3.63, 3.8) is 0 Å². The van der Waals surface area contributed by atoms with Crippen molar-refractivity contribution >= 4 is 23.2 Å². The average molecular weight is 433 g/mol. The standard InChI is InChI=1S/C22H25ClN2O5/c23-12-1-2-16-14(5-12)15(27)6-18(29-16)20(28)24-22-8-21(9-22,10-22)19-7-17(30-25-19)11-3-13(26)4-11/h1-2,5,11,13,15,17-18,26-27H,3-4,6-10H2,(H,24,28)/t11-,13+,15-,17?,18-,21?,22?/m1/s1.